The smallest absolute Gasteiger partial charge is 0.335 e. The Morgan fingerprint density at radius 1 is 0.659 bits per heavy atom. The van der Waals surface area contributed by atoms with Crippen molar-refractivity contribution >= 4 is 50.0 Å². The summed E-state index contributed by atoms with van der Waals surface area (Å²) in [4.78, 5) is 34.7. The van der Waals surface area contributed by atoms with Crippen LogP contribution in [-0.2, 0) is 29.4 Å². The summed E-state index contributed by atoms with van der Waals surface area (Å²) in [5, 5.41) is 35.6. The molecule has 0 radical (unpaired) electrons. The van der Waals surface area contributed by atoms with Crippen LogP contribution in [-0.4, -0.2) is 50.1 Å². The lowest BCUT2D eigenvalue weighted by atomic mass is 10.1. The van der Waals surface area contributed by atoms with E-state index in [1.165, 1.54) is 11.1 Å². The first-order valence-electron chi connectivity index (χ1n) is 10.6. The first-order valence-corrected chi connectivity index (χ1v) is 14.5. The van der Waals surface area contributed by atoms with E-state index in [1.807, 2.05) is 0 Å². The van der Waals surface area contributed by atoms with E-state index in [4.69, 9.17) is 25.6 Å². The third-order valence-corrected chi connectivity index (χ3v) is 6.93. The van der Waals surface area contributed by atoms with Gasteiger partial charge in [0.1, 0.15) is 0 Å². The van der Waals surface area contributed by atoms with Crippen LogP contribution < -0.4 is 16.2 Å². The van der Waals surface area contributed by atoms with Gasteiger partial charge in [0, 0.05) is 4.90 Å². The monoisotopic (exact) mass is 631 g/mol. The van der Waals surface area contributed by atoms with Crippen molar-refractivity contribution in [2.45, 2.75) is 28.5 Å². The zero-order valence-electron chi connectivity index (χ0n) is 21.2. The van der Waals surface area contributed by atoms with Crippen LogP contribution in [0.2, 0.25) is 0 Å². The molecule has 41 heavy (non-hydrogen) atoms. The summed E-state index contributed by atoms with van der Waals surface area (Å²) < 4.78 is 49.0. The van der Waals surface area contributed by atoms with Gasteiger partial charge in [0.25, 0.3) is 0 Å². The lowest BCUT2D eigenvalue weighted by Gasteiger charge is -2.05. The van der Waals surface area contributed by atoms with Crippen LogP contribution in [0, 0.1) is 13.8 Å². The second-order valence-electron chi connectivity index (χ2n) is 7.85. The van der Waals surface area contributed by atoms with Gasteiger partial charge in [-0.3, -0.25) is 0 Å². The van der Waals surface area contributed by atoms with Gasteiger partial charge in [0.05, 0.1) is 38.5 Å². The fourth-order valence-electron chi connectivity index (χ4n) is 2.62. The molecule has 0 unspecified atom stereocenters. The molecule has 0 spiro atoms. The molecule has 0 atom stereocenters. The maximum Gasteiger partial charge on any atom is 0.335 e. The van der Waals surface area contributed by atoms with Crippen LogP contribution in [0.1, 0.15) is 42.2 Å². The van der Waals surface area contributed by atoms with Crippen molar-refractivity contribution in [3.63, 3.8) is 0 Å². The molecule has 0 aromatic heterocycles. The van der Waals surface area contributed by atoms with Crippen molar-refractivity contribution in [1.82, 2.24) is 0 Å². The highest BCUT2D eigenvalue weighted by Gasteiger charge is 2.17. The summed E-state index contributed by atoms with van der Waals surface area (Å²) in [6, 6.07) is 14.2. The normalized spacial score (nSPS) is 10.9. The molecule has 15 nitrogen and oxygen atoms in total. The number of aromatic carboxylic acids is 3. The molecular weight excluding hydrogens is 606 g/mol. The molecule has 0 aliphatic heterocycles. The summed E-state index contributed by atoms with van der Waals surface area (Å²) in [6.07, 6.45) is 0. The van der Waals surface area contributed by atoms with Crippen LogP contribution >= 0.6 is 12.0 Å². The predicted molar refractivity (Wildman–Crippen MR) is 145 cm³/mol. The van der Waals surface area contributed by atoms with Gasteiger partial charge in [-0.05, 0) is 50.2 Å². The third kappa shape index (κ3) is 12.4. The van der Waals surface area contributed by atoms with E-state index in [1.54, 1.807) is 0 Å². The molecule has 3 rings (SSSR count). The van der Waals surface area contributed by atoms with E-state index >= 15 is 0 Å². The van der Waals surface area contributed by atoms with Crippen LogP contribution in [0.3, 0.4) is 0 Å². The minimum atomic E-state index is -4.09. The number of rotatable bonds is 8. The number of primary sulfonamides is 2. The molecule has 0 aliphatic carbocycles. The number of hydrogen-bond donors (Lipinski definition) is 6. The van der Waals surface area contributed by atoms with Crippen molar-refractivity contribution in [2.75, 3.05) is 0 Å². The second kappa shape index (κ2) is 15.2. The fraction of sp³-hybridized carbons (Fsp3) is 0.0870. The number of carboxylic acid groups (broad SMARTS) is 3. The molecule has 0 bridgehead atoms. The van der Waals surface area contributed by atoms with Gasteiger partial charge in [-0.2, -0.15) is 5.90 Å². The molecule has 0 saturated carbocycles. The van der Waals surface area contributed by atoms with Crippen LogP contribution in [0.5, 0.6) is 0 Å². The van der Waals surface area contributed by atoms with E-state index in [2.05, 4.69) is 53.3 Å². The maximum absolute atomic E-state index is 11.2. The highest BCUT2D eigenvalue weighted by Crippen LogP contribution is 2.25. The van der Waals surface area contributed by atoms with Crippen molar-refractivity contribution in [3.05, 3.63) is 88.5 Å². The molecule has 3 aromatic carbocycles. The average Bonchev–Trinajstić information content (AvgIpc) is 2.88. The number of sulfonamides is 2. The molecule has 0 fully saturated rings. The van der Waals surface area contributed by atoms with Gasteiger partial charge >= 0.3 is 17.9 Å². The molecule has 0 saturated heterocycles. The van der Waals surface area contributed by atoms with Gasteiger partial charge in [-0.1, -0.05) is 35.4 Å². The number of carbonyl (C=O) groups is 3. The number of hydrogen-bond acceptors (Lipinski definition) is 11. The molecular formula is C23H25N3O12S3. The van der Waals surface area contributed by atoms with E-state index in [0.717, 1.165) is 36.4 Å². The Morgan fingerprint density at radius 2 is 0.976 bits per heavy atom. The predicted octanol–water partition coefficient (Wildman–Crippen LogP) is 1.90. The van der Waals surface area contributed by atoms with E-state index in [-0.39, 0.29) is 21.6 Å². The minimum absolute atomic E-state index is 0.0796. The molecule has 222 valence electrons. The summed E-state index contributed by atoms with van der Waals surface area (Å²) in [5.74, 6) is 0.472. The van der Waals surface area contributed by atoms with Gasteiger partial charge in [-0.15, -0.1) is 9.32 Å². The summed E-state index contributed by atoms with van der Waals surface area (Å²) in [6.45, 7) is 4.19. The van der Waals surface area contributed by atoms with Gasteiger partial charge in [0.15, 0.2) is 0 Å². The Labute approximate surface area is 238 Å². The molecule has 0 heterocycles. The largest absolute Gasteiger partial charge is 0.478 e. The average molecular weight is 632 g/mol. The van der Waals surface area contributed by atoms with Crippen LogP contribution in [0.25, 0.3) is 0 Å². The number of aryl methyl sites for hydroxylation is 2. The first-order chi connectivity index (χ1) is 18.8. The Balaban J connectivity index is 0.000000328. The SMILES string of the molecule is Cc1ccc(C)cc1.NOOSc1cc(S(N)(=O)=O)cc(S(N)(=O)=O)c1.O=C(O)c1cc(C(=O)O)cc(C(=O)O)c1. The van der Waals surface area contributed by atoms with Crippen molar-refractivity contribution < 1.29 is 55.9 Å². The fourth-order valence-corrected chi connectivity index (χ4v) is 4.47. The zero-order chi connectivity index (χ0) is 31.5. The van der Waals surface area contributed by atoms with E-state index < -0.39 is 47.7 Å². The zero-order valence-corrected chi connectivity index (χ0v) is 23.7. The molecule has 0 amide bonds. The lowest BCUT2D eigenvalue weighted by Crippen LogP contribution is -2.16. The van der Waals surface area contributed by atoms with Crippen LogP contribution in [0.4, 0.5) is 0 Å². The molecule has 18 heteroatoms. The minimum Gasteiger partial charge on any atom is -0.478 e. The highest BCUT2D eigenvalue weighted by atomic mass is 32.2. The topological polar surface area (TPSA) is 277 Å². The maximum atomic E-state index is 11.2. The summed E-state index contributed by atoms with van der Waals surface area (Å²) >= 11 is 0.494. The third-order valence-electron chi connectivity index (χ3n) is 4.57. The lowest BCUT2D eigenvalue weighted by molar-refractivity contribution is -0.195. The van der Waals surface area contributed by atoms with Gasteiger partial charge in [-0.25, -0.2) is 41.5 Å². The quantitative estimate of drug-likeness (QED) is 0.118. The number of nitrogens with two attached hydrogens (primary N) is 3. The van der Waals surface area contributed by atoms with E-state index in [0.29, 0.717) is 12.0 Å². The second-order valence-corrected chi connectivity index (χ2v) is 11.7. The molecule has 9 N–H and O–H groups in total. The Kier molecular flexibility index (Phi) is 13.0. The number of carboxylic acids is 3. The summed E-state index contributed by atoms with van der Waals surface area (Å²) in [7, 11) is -8.19. The Bertz CT molecular complexity index is 1470. The van der Waals surface area contributed by atoms with Crippen molar-refractivity contribution in [2.24, 2.45) is 16.2 Å². The highest BCUT2D eigenvalue weighted by molar-refractivity contribution is 7.94. The van der Waals surface area contributed by atoms with Crippen molar-refractivity contribution in [3.8, 4) is 0 Å². The standard InChI is InChI=1S/C9H6O6.C8H10.C6H9N3O6S3/c10-7(11)4-1-5(8(12)13)3-6(2-4)9(14)15;1-7-3-5-8(2)6-4-7;7-14-15-16-4-1-5(17(8,10)11)3-6(2-4)18(9,12)13/h1-3H,(H,10,11)(H,12,13)(H,14,15);3-6H,1-2H3;1-3H,7H2,(H2,8,10,11)(H2,9,12,13). The van der Waals surface area contributed by atoms with Crippen LogP contribution in [0.15, 0.2) is 75.4 Å². The Hall–Kier alpha value is -3.88. The summed E-state index contributed by atoms with van der Waals surface area (Å²) in [5.41, 5.74) is 1.55. The van der Waals surface area contributed by atoms with E-state index in [9.17, 15) is 31.2 Å². The molecule has 0 aliphatic rings. The van der Waals surface area contributed by atoms with Crippen molar-refractivity contribution in [1.29, 1.82) is 0 Å². The van der Waals surface area contributed by atoms with Gasteiger partial charge in [0.2, 0.25) is 20.0 Å². The Morgan fingerprint density at radius 3 is 1.22 bits per heavy atom. The number of benzene rings is 3. The first kappa shape index (κ1) is 35.1. The molecule has 3 aromatic rings. The van der Waals surface area contributed by atoms with Gasteiger partial charge < -0.3 is 15.3 Å².